The van der Waals surface area contributed by atoms with E-state index in [1.165, 1.54) is 7.11 Å². The molecular weight excluding hydrogens is 294 g/mol. The summed E-state index contributed by atoms with van der Waals surface area (Å²) in [6, 6.07) is 0. The maximum absolute atomic E-state index is 10.5. The molecule has 1 saturated heterocycles. The van der Waals surface area contributed by atoms with Crippen molar-refractivity contribution in [3.63, 3.8) is 0 Å². The SMILES string of the molecule is CO[C@H]1O[C@H](CNCCCS(=O)(=O)O)C(O)[C@H](O)[C@H]1O. The third-order valence-electron chi connectivity index (χ3n) is 3.00. The van der Waals surface area contributed by atoms with Crippen LogP contribution in [0.15, 0.2) is 0 Å². The summed E-state index contributed by atoms with van der Waals surface area (Å²) in [4.78, 5) is 0. The van der Waals surface area contributed by atoms with E-state index in [4.69, 9.17) is 14.0 Å². The Morgan fingerprint density at radius 3 is 2.40 bits per heavy atom. The number of hydrogen-bond acceptors (Lipinski definition) is 8. The first-order valence-electron chi connectivity index (χ1n) is 6.14. The maximum Gasteiger partial charge on any atom is 0.264 e. The second-order valence-corrected chi connectivity index (χ2v) is 6.17. The quantitative estimate of drug-likeness (QED) is 0.250. The lowest BCUT2D eigenvalue weighted by Gasteiger charge is -2.39. The number of hydrogen-bond donors (Lipinski definition) is 5. The molecular formula is C10H21NO8S. The van der Waals surface area contributed by atoms with Crippen molar-refractivity contribution >= 4 is 10.1 Å². The van der Waals surface area contributed by atoms with Crippen molar-refractivity contribution < 1.29 is 37.8 Å². The highest BCUT2D eigenvalue weighted by molar-refractivity contribution is 7.85. The number of rotatable bonds is 7. The molecule has 1 heterocycles. The second kappa shape index (κ2) is 7.61. The van der Waals surface area contributed by atoms with E-state index in [1.807, 2.05) is 0 Å². The van der Waals surface area contributed by atoms with E-state index in [9.17, 15) is 23.7 Å². The van der Waals surface area contributed by atoms with Gasteiger partial charge < -0.3 is 30.1 Å². The minimum atomic E-state index is -3.98. The van der Waals surface area contributed by atoms with Gasteiger partial charge in [0, 0.05) is 13.7 Å². The molecule has 5 N–H and O–H groups in total. The molecule has 0 aromatic rings. The highest BCUT2D eigenvalue weighted by Gasteiger charge is 2.43. The second-order valence-electron chi connectivity index (χ2n) is 4.59. The predicted octanol–water partition coefficient (Wildman–Crippen LogP) is -2.69. The molecule has 9 nitrogen and oxygen atoms in total. The molecule has 1 aliphatic heterocycles. The van der Waals surface area contributed by atoms with Gasteiger partial charge in [-0.1, -0.05) is 0 Å². The van der Waals surface area contributed by atoms with Gasteiger partial charge in [0.2, 0.25) is 0 Å². The van der Waals surface area contributed by atoms with Crippen molar-refractivity contribution in [1.29, 1.82) is 0 Å². The summed E-state index contributed by atoms with van der Waals surface area (Å²) in [6.07, 6.45) is -5.67. The fourth-order valence-electron chi connectivity index (χ4n) is 1.90. The highest BCUT2D eigenvalue weighted by atomic mass is 32.2. The van der Waals surface area contributed by atoms with Gasteiger partial charge in [0.05, 0.1) is 5.75 Å². The largest absolute Gasteiger partial charge is 0.388 e. The average Bonchev–Trinajstić information content (AvgIpc) is 2.37. The topological polar surface area (TPSA) is 146 Å². The zero-order chi connectivity index (χ0) is 15.3. The van der Waals surface area contributed by atoms with Crippen molar-refractivity contribution in [2.75, 3.05) is 26.0 Å². The molecule has 0 radical (unpaired) electrons. The van der Waals surface area contributed by atoms with Gasteiger partial charge in [-0.15, -0.1) is 0 Å². The Kier molecular flexibility index (Phi) is 6.75. The van der Waals surface area contributed by atoms with Gasteiger partial charge in [0.25, 0.3) is 10.1 Å². The molecule has 10 heteroatoms. The van der Waals surface area contributed by atoms with Crippen molar-refractivity contribution in [2.24, 2.45) is 0 Å². The Bertz CT molecular complexity index is 387. The molecule has 1 unspecified atom stereocenters. The maximum atomic E-state index is 10.5. The molecule has 1 rings (SSSR count). The first-order chi connectivity index (χ1) is 9.26. The van der Waals surface area contributed by atoms with E-state index in [0.717, 1.165) is 0 Å². The van der Waals surface area contributed by atoms with Crippen molar-refractivity contribution in [3.8, 4) is 0 Å². The summed E-state index contributed by atoms with van der Waals surface area (Å²) >= 11 is 0. The van der Waals surface area contributed by atoms with Gasteiger partial charge in [0.1, 0.15) is 24.4 Å². The van der Waals surface area contributed by atoms with E-state index in [-0.39, 0.29) is 25.3 Å². The van der Waals surface area contributed by atoms with E-state index in [0.29, 0.717) is 0 Å². The van der Waals surface area contributed by atoms with Gasteiger partial charge in [-0.3, -0.25) is 4.55 Å². The van der Waals surface area contributed by atoms with Crippen LogP contribution in [0.3, 0.4) is 0 Å². The normalized spacial score (nSPS) is 35.1. The standard InChI is InChI=1S/C10H21NO8S/c1-18-10-9(14)8(13)7(12)6(19-10)5-11-3-2-4-20(15,16)17/h6-14H,2-5H2,1H3,(H,15,16,17)/t6-,7?,8+,9-,10+/m1/s1. The molecule has 0 spiro atoms. The molecule has 0 aliphatic carbocycles. The van der Waals surface area contributed by atoms with Gasteiger partial charge in [0.15, 0.2) is 6.29 Å². The summed E-state index contributed by atoms with van der Waals surface area (Å²) in [5.41, 5.74) is 0. The number of ether oxygens (including phenoxy) is 2. The fourth-order valence-corrected chi connectivity index (χ4v) is 2.41. The molecule has 5 atom stereocenters. The number of aliphatic hydroxyl groups excluding tert-OH is 3. The first-order valence-corrected chi connectivity index (χ1v) is 7.75. The Balaban J connectivity index is 2.35. The van der Waals surface area contributed by atoms with Crippen LogP contribution in [0, 0.1) is 0 Å². The molecule has 20 heavy (non-hydrogen) atoms. The number of nitrogens with one attached hydrogen (secondary N) is 1. The van der Waals surface area contributed by atoms with Crippen molar-refractivity contribution in [2.45, 2.75) is 37.1 Å². The minimum absolute atomic E-state index is 0.135. The monoisotopic (exact) mass is 315 g/mol. The molecule has 0 aromatic carbocycles. The van der Waals surface area contributed by atoms with Gasteiger partial charge in [-0.05, 0) is 13.0 Å². The number of methoxy groups -OCH3 is 1. The first kappa shape index (κ1) is 17.7. The van der Waals surface area contributed by atoms with E-state index in [1.54, 1.807) is 0 Å². The molecule has 0 bridgehead atoms. The zero-order valence-corrected chi connectivity index (χ0v) is 11.9. The Labute approximate surface area is 117 Å². The highest BCUT2D eigenvalue weighted by Crippen LogP contribution is 2.21. The summed E-state index contributed by atoms with van der Waals surface area (Å²) in [7, 11) is -2.68. The Hall–Kier alpha value is -0.330. The van der Waals surface area contributed by atoms with Crippen LogP contribution in [0.1, 0.15) is 6.42 Å². The third kappa shape index (κ3) is 5.22. The fraction of sp³-hybridized carbons (Fsp3) is 1.00. The molecule has 0 amide bonds. The van der Waals surface area contributed by atoms with Gasteiger partial charge in [-0.25, -0.2) is 0 Å². The van der Waals surface area contributed by atoms with Crippen LogP contribution in [0.2, 0.25) is 0 Å². The molecule has 0 aromatic heterocycles. The lowest BCUT2D eigenvalue weighted by atomic mass is 9.99. The van der Waals surface area contributed by atoms with Crippen LogP contribution in [-0.2, 0) is 19.6 Å². The van der Waals surface area contributed by atoms with Crippen LogP contribution in [0.5, 0.6) is 0 Å². The van der Waals surface area contributed by atoms with Crippen LogP contribution in [0.25, 0.3) is 0 Å². The van der Waals surface area contributed by atoms with Gasteiger partial charge in [-0.2, -0.15) is 8.42 Å². The lowest BCUT2D eigenvalue weighted by molar-refractivity contribution is -0.288. The molecule has 1 aliphatic rings. The summed E-state index contributed by atoms with van der Waals surface area (Å²) in [5, 5.41) is 31.7. The summed E-state index contributed by atoms with van der Waals surface area (Å²) in [5.74, 6) is -0.365. The van der Waals surface area contributed by atoms with E-state index < -0.39 is 40.8 Å². The summed E-state index contributed by atoms with van der Waals surface area (Å²) < 4.78 is 39.6. The van der Waals surface area contributed by atoms with Gasteiger partial charge >= 0.3 is 0 Å². The van der Waals surface area contributed by atoms with Crippen LogP contribution in [-0.4, -0.2) is 84.9 Å². The predicted molar refractivity (Wildman–Crippen MR) is 67.6 cm³/mol. The smallest absolute Gasteiger partial charge is 0.264 e. The van der Waals surface area contributed by atoms with Crippen LogP contribution in [0.4, 0.5) is 0 Å². The van der Waals surface area contributed by atoms with Crippen molar-refractivity contribution in [3.05, 3.63) is 0 Å². The van der Waals surface area contributed by atoms with E-state index in [2.05, 4.69) is 5.32 Å². The third-order valence-corrected chi connectivity index (χ3v) is 3.81. The lowest BCUT2D eigenvalue weighted by Crippen LogP contribution is -2.60. The molecule has 120 valence electrons. The zero-order valence-electron chi connectivity index (χ0n) is 11.0. The minimum Gasteiger partial charge on any atom is -0.388 e. The summed E-state index contributed by atoms with van der Waals surface area (Å²) in [6.45, 7) is 0.416. The Morgan fingerprint density at radius 1 is 1.20 bits per heavy atom. The van der Waals surface area contributed by atoms with E-state index >= 15 is 0 Å². The molecule has 1 fully saturated rings. The Morgan fingerprint density at radius 2 is 1.85 bits per heavy atom. The van der Waals surface area contributed by atoms with Crippen LogP contribution < -0.4 is 5.32 Å². The average molecular weight is 315 g/mol. The van der Waals surface area contributed by atoms with Crippen LogP contribution >= 0.6 is 0 Å². The van der Waals surface area contributed by atoms with Crippen molar-refractivity contribution in [1.82, 2.24) is 5.32 Å². The molecule has 0 saturated carbocycles. The number of aliphatic hydroxyl groups is 3.